The lowest BCUT2D eigenvalue weighted by Crippen LogP contribution is -2.47. The molecule has 13 nitrogen and oxygen atoms in total. The molecule has 3 amide bonds. The van der Waals surface area contributed by atoms with Gasteiger partial charge in [0.1, 0.15) is 24.5 Å². The summed E-state index contributed by atoms with van der Waals surface area (Å²) in [5.74, 6) is -0.188. The molecule has 0 bridgehead atoms. The number of alkyl carbamates (subject to hydrolysis) is 2. The molecule has 8 rings (SSSR count). The van der Waals surface area contributed by atoms with Gasteiger partial charge in [0.25, 0.3) is 0 Å². The molecule has 2 aliphatic rings. The molecule has 0 radical (unpaired) electrons. The van der Waals surface area contributed by atoms with Gasteiger partial charge in [-0.05, 0) is 143 Å². The molecule has 3 heterocycles. The van der Waals surface area contributed by atoms with E-state index in [-0.39, 0.29) is 41.9 Å². The molecule has 1 unspecified atom stereocenters. The first-order valence-electron chi connectivity index (χ1n) is 23.9. The van der Waals surface area contributed by atoms with Crippen LogP contribution in [0.3, 0.4) is 0 Å². The van der Waals surface area contributed by atoms with Crippen molar-refractivity contribution in [1.82, 2.24) is 30.1 Å². The summed E-state index contributed by atoms with van der Waals surface area (Å²) in [6.07, 6.45) is 9.16. The maximum Gasteiger partial charge on any atom is 0.410 e. The van der Waals surface area contributed by atoms with Crippen LogP contribution in [0.5, 0.6) is 0 Å². The molecule has 1 aliphatic carbocycles. The van der Waals surface area contributed by atoms with E-state index in [9.17, 15) is 19.2 Å². The Bertz CT molecular complexity index is 2850. The van der Waals surface area contributed by atoms with Crippen molar-refractivity contribution in [3.05, 3.63) is 147 Å². The van der Waals surface area contributed by atoms with Gasteiger partial charge in [-0.1, -0.05) is 78.3 Å². The van der Waals surface area contributed by atoms with Gasteiger partial charge < -0.3 is 29.8 Å². The van der Waals surface area contributed by atoms with Crippen LogP contribution in [-0.4, -0.2) is 68.2 Å². The topological polar surface area (TPSA) is 157 Å². The van der Waals surface area contributed by atoms with E-state index in [1.54, 1.807) is 24.4 Å². The Kier molecular flexibility index (Phi) is 16.2. The highest BCUT2D eigenvalue weighted by Gasteiger charge is 2.37. The number of rotatable bonds is 17. The number of hydrogen-bond acceptors (Lipinski definition) is 9. The Balaban J connectivity index is 0.982. The van der Waals surface area contributed by atoms with E-state index in [0.717, 1.165) is 65.7 Å². The number of thioether (sulfide) groups is 1. The van der Waals surface area contributed by atoms with Crippen LogP contribution < -0.4 is 16.3 Å². The minimum atomic E-state index is -0.642. The summed E-state index contributed by atoms with van der Waals surface area (Å²) in [6, 6.07) is 29.4. The number of nitrogens with zero attached hydrogens (tertiary/aromatic N) is 3. The number of ether oxygens (including phenoxy) is 3. The maximum atomic E-state index is 15.8. The summed E-state index contributed by atoms with van der Waals surface area (Å²) < 4.78 is 34.2. The number of carbonyl (C=O) groups excluding carboxylic acids is 3. The molecule has 2 aromatic heterocycles. The van der Waals surface area contributed by atoms with Crippen LogP contribution in [0.2, 0.25) is 5.02 Å². The van der Waals surface area contributed by atoms with Crippen molar-refractivity contribution in [2.45, 2.75) is 120 Å². The predicted octanol–water partition coefficient (Wildman–Crippen LogP) is 12.1. The quantitative estimate of drug-likeness (QED) is 0.0598. The van der Waals surface area contributed by atoms with Crippen molar-refractivity contribution in [2.75, 3.05) is 12.8 Å². The highest BCUT2D eigenvalue weighted by Crippen LogP contribution is 2.41. The van der Waals surface area contributed by atoms with Gasteiger partial charge in [0.05, 0.1) is 22.4 Å². The third-order valence-corrected chi connectivity index (χ3v) is 13.8. The molecule has 16 heteroatoms. The molecule has 3 atom stereocenters. The number of H-pyrrole nitrogens is 1. The number of aryl methyl sites for hydroxylation is 1. The van der Waals surface area contributed by atoms with Crippen LogP contribution in [0.15, 0.2) is 113 Å². The van der Waals surface area contributed by atoms with Crippen LogP contribution in [0.4, 0.5) is 18.8 Å². The summed E-state index contributed by atoms with van der Waals surface area (Å²) in [5.41, 5.74) is 3.92. The summed E-state index contributed by atoms with van der Waals surface area (Å²) in [5, 5.41) is 6.48. The second-order valence-corrected chi connectivity index (χ2v) is 20.3. The third-order valence-electron chi connectivity index (χ3n) is 12.7. The van der Waals surface area contributed by atoms with Crippen LogP contribution in [0.1, 0.15) is 100 Å². The zero-order valence-electron chi connectivity index (χ0n) is 40.0. The number of hydrogen-bond donors (Lipinski definition) is 3. The highest BCUT2D eigenvalue weighted by molar-refractivity contribution is 7.98. The number of piperidine rings is 1. The molecule has 1 saturated heterocycles. The van der Waals surface area contributed by atoms with E-state index >= 15 is 4.39 Å². The predicted molar refractivity (Wildman–Crippen MR) is 271 cm³/mol. The lowest BCUT2D eigenvalue weighted by molar-refractivity contribution is 0.0363. The molecule has 3 N–H and O–H groups in total. The SMILES string of the molecule is CSc1cc(-n2cc3cc(-c4cc(CCCC(NC(=O)OCc5ccccc5)C5CC5)cc(Cl)c4F)[nH]c3nc2=O)ccc1[C@@H]1CCC[C@@H](CCNC(=O)OC(C)(C)C)N1C(=O)OCc1ccccc1. The van der Waals surface area contributed by atoms with Gasteiger partial charge in [-0.25, -0.2) is 23.6 Å². The zero-order valence-corrected chi connectivity index (χ0v) is 41.5. The Morgan fingerprint density at radius 1 is 0.900 bits per heavy atom. The normalized spacial score (nSPS) is 16.4. The average molecular weight is 992 g/mol. The molecule has 368 valence electrons. The summed E-state index contributed by atoms with van der Waals surface area (Å²) in [7, 11) is 0. The minimum Gasteiger partial charge on any atom is -0.445 e. The molecular formula is C54H60ClFN6O7S. The number of carbonyl (C=O) groups is 3. The second-order valence-electron chi connectivity index (χ2n) is 19.1. The van der Waals surface area contributed by atoms with Crippen molar-refractivity contribution >= 4 is 52.7 Å². The smallest absolute Gasteiger partial charge is 0.410 e. The van der Waals surface area contributed by atoms with E-state index in [1.807, 2.05) is 111 Å². The Morgan fingerprint density at radius 2 is 1.61 bits per heavy atom. The van der Waals surface area contributed by atoms with Gasteiger partial charge >= 0.3 is 24.0 Å². The standard InChI is InChI=1S/C54H60ClFN6O7S/c1-54(2,3)69-51(64)57-26-25-39-18-12-20-46(62(39)53(66)68-33-35-15-9-6-10-16-35)41-24-23-40(30-47(41)70-4)61-31-38-29-45(58-49(38)60-50(61)63)42-27-36(28-43(55)48(42)56)17-11-19-44(37-21-22-37)59-52(65)67-32-34-13-7-5-8-14-34/h5-10,13-16,23-24,27-31,37,39,44,46H,11-12,17-22,25-26,32-33H2,1-4H3,(H,57,64)(H,59,65)(H,58,60,63)/t39-,44?,46-/m0/s1. The first-order chi connectivity index (χ1) is 33.7. The molecule has 70 heavy (non-hydrogen) atoms. The molecule has 6 aromatic rings. The zero-order chi connectivity index (χ0) is 49.4. The lowest BCUT2D eigenvalue weighted by atomic mass is 9.89. The minimum absolute atomic E-state index is 0.0190. The molecule has 0 spiro atoms. The van der Waals surface area contributed by atoms with Crippen LogP contribution in [-0.2, 0) is 33.8 Å². The average Bonchev–Trinajstić information content (AvgIpc) is 4.12. The monoisotopic (exact) mass is 990 g/mol. The third kappa shape index (κ3) is 12.9. The van der Waals surface area contributed by atoms with Crippen LogP contribution >= 0.6 is 23.4 Å². The van der Waals surface area contributed by atoms with E-state index in [1.165, 1.54) is 16.3 Å². The molecule has 1 saturated carbocycles. The van der Waals surface area contributed by atoms with Crippen LogP contribution in [0.25, 0.3) is 28.0 Å². The van der Waals surface area contributed by atoms with Crippen molar-refractivity contribution in [3.63, 3.8) is 0 Å². The molecule has 4 aromatic carbocycles. The summed E-state index contributed by atoms with van der Waals surface area (Å²) in [4.78, 5) is 63.3. The molecule has 1 aliphatic heterocycles. The Labute approximate surface area is 416 Å². The van der Waals surface area contributed by atoms with E-state index in [2.05, 4.69) is 20.6 Å². The largest absolute Gasteiger partial charge is 0.445 e. The van der Waals surface area contributed by atoms with Crippen molar-refractivity contribution < 1.29 is 33.0 Å². The fourth-order valence-corrected chi connectivity index (χ4v) is 10.1. The highest BCUT2D eigenvalue weighted by atomic mass is 35.5. The van der Waals surface area contributed by atoms with Crippen molar-refractivity contribution in [1.29, 1.82) is 0 Å². The van der Waals surface area contributed by atoms with Gasteiger partial charge in [0.15, 0.2) is 5.82 Å². The van der Waals surface area contributed by atoms with E-state index in [4.69, 9.17) is 25.8 Å². The number of fused-ring (bicyclic) bond motifs is 1. The second kappa shape index (κ2) is 22.6. The van der Waals surface area contributed by atoms with Gasteiger partial charge in [0.2, 0.25) is 0 Å². The first kappa shape index (κ1) is 50.1. The van der Waals surface area contributed by atoms with E-state index in [0.29, 0.717) is 54.1 Å². The lowest BCUT2D eigenvalue weighted by Gasteiger charge is -2.42. The number of nitrogens with one attached hydrogen (secondary N) is 3. The number of aromatic nitrogens is 3. The van der Waals surface area contributed by atoms with Gasteiger partial charge in [-0.2, -0.15) is 4.98 Å². The fourth-order valence-electron chi connectivity index (χ4n) is 9.19. The number of amides is 3. The summed E-state index contributed by atoms with van der Waals surface area (Å²) >= 11 is 8.00. The number of benzene rings is 4. The molecular weight excluding hydrogens is 931 g/mol. The first-order valence-corrected chi connectivity index (χ1v) is 25.6. The number of halogens is 2. The summed E-state index contributed by atoms with van der Waals surface area (Å²) in [6.45, 7) is 6.04. The Morgan fingerprint density at radius 3 is 2.30 bits per heavy atom. The van der Waals surface area contributed by atoms with Gasteiger partial charge in [-0.15, -0.1) is 11.8 Å². The number of likely N-dealkylation sites (tertiary alicyclic amines) is 1. The van der Waals surface area contributed by atoms with E-state index < -0.39 is 35.4 Å². The fraction of sp³-hybridized carbons (Fsp3) is 0.389. The van der Waals surface area contributed by atoms with Gasteiger partial charge in [-0.3, -0.25) is 9.47 Å². The number of aromatic amines is 1. The van der Waals surface area contributed by atoms with Crippen molar-refractivity contribution in [2.24, 2.45) is 5.92 Å². The maximum absolute atomic E-state index is 15.8. The Hall–Kier alpha value is -6.32. The van der Waals surface area contributed by atoms with Crippen molar-refractivity contribution in [3.8, 4) is 16.9 Å². The van der Waals surface area contributed by atoms with Gasteiger partial charge in [0, 0.05) is 40.7 Å². The van der Waals surface area contributed by atoms with Crippen LogP contribution in [0, 0.1) is 11.7 Å². The molecule has 2 fully saturated rings.